The second kappa shape index (κ2) is 5.65. The highest BCUT2D eigenvalue weighted by Crippen LogP contribution is 2.19. The smallest absolute Gasteiger partial charge is 0.146 e. The number of halogens is 1. The quantitative estimate of drug-likeness (QED) is 0.896. The summed E-state index contributed by atoms with van der Waals surface area (Å²) in [7, 11) is 1.88. The van der Waals surface area contributed by atoms with Crippen molar-refractivity contribution in [3.05, 3.63) is 65.5 Å². The highest BCUT2D eigenvalue weighted by molar-refractivity contribution is 5.47. The minimum atomic E-state index is -0.196. The first-order chi connectivity index (χ1) is 8.70. The highest BCUT2D eigenvalue weighted by atomic mass is 19.1. The first-order valence-electron chi connectivity index (χ1n) is 5.94. The number of nitrogens with two attached hydrogens (primary N) is 1. The number of anilines is 1. The van der Waals surface area contributed by atoms with Gasteiger partial charge in [0, 0.05) is 20.1 Å². The summed E-state index contributed by atoms with van der Waals surface area (Å²) < 4.78 is 13.6. The largest absolute Gasteiger partial charge is 0.368 e. The fraction of sp³-hybridized carbons (Fsp3) is 0.200. The molecule has 0 aromatic heterocycles. The van der Waals surface area contributed by atoms with Gasteiger partial charge in [0.15, 0.2) is 0 Å². The fourth-order valence-corrected chi connectivity index (χ4v) is 1.90. The molecule has 18 heavy (non-hydrogen) atoms. The molecule has 0 aliphatic carbocycles. The summed E-state index contributed by atoms with van der Waals surface area (Å²) in [4.78, 5) is 1.90. The SMILES string of the molecule is CN(Cc1ccc(CN)cc1)c1ccccc1F. The Kier molecular flexibility index (Phi) is 3.95. The van der Waals surface area contributed by atoms with Gasteiger partial charge >= 0.3 is 0 Å². The molecular weight excluding hydrogens is 227 g/mol. The molecule has 0 heterocycles. The number of hydrogen-bond donors (Lipinski definition) is 1. The van der Waals surface area contributed by atoms with Crippen molar-refractivity contribution in [3.8, 4) is 0 Å². The zero-order chi connectivity index (χ0) is 13.0. The number of rotatable bonds is 4. The van der Waals surface area contributed by atoms with Gasteiger partial charge in [-0.15, -0.1) is 0 Å². The lowest BCUT2D eigenvalue weighted by Crippen LogP contribution is -2.17. The van der Waals surface area contributed by atoms with E-state index in [1.807, 2.05) is 42.3 Å². The summed E-state index contributed by atoms with van der Waals surface area (Å²) in [5, 5.41) is 0. The second-order valence-corrected chi connectivity index (χ2v) is 4.33. The van der Waals surface area contributed by atoms with Crippen LogP contribution >= 0.6 is 0 Å². The maximum absolute atomic E-state index is 13.6. The zero-order valence-corrected chi connectivity index (χ0v) is 10.4. The summed E-state index contributed by atoms with van der Waals surface area (Å²) in [6.07, 6.45) is 0. The third-order valence-electron chi connectivity index (χ3n) is 2.94. The number of hydrogen-bond acceptors (Lipinski definition) is 2. The zero-order valence-electron chi connectivity index (χ0n) is 10.4. The van der Waals surface area contributed by atoms with Crippen molar-refractivity contribution in [1.82, 2.24) is 0 Å². The first-order valence-corrected chi connectivity index (χ1v) is 5.94. The van der Waals surface area contributed by atoms with Gasteiger partial charge in [0.05, 0.1) is 5.69 Å². The lowest BCUT2D eigenvalue weighted by atomic mass is 10.1. The van der Waals surface area contributed by atoms with Crippen LogP contribution in [0.1, 0.15) is 11.1 Å². The molecule has 0 aliphatic heterocycles. The molecular formula is C15H17FN2. The van der Waals surface area contributed by atoms with Crippen LogP contribution < -0.4 is 10.6 Å². The van der Waals surface area contributed by atoms with E-state index in [2.05, 4.69) is 0 Å². The van der Waals surface area contributed by atoms with Crippen LogP contribution in [0, 0.1) is 5.82 Å². The average Bonchev–Trinajstić information content (AvgIpc) is 2.40. The minimum absolute atomic E-state index is 0.196. The van der Waals surface area contributed by atoms with E-state index in [1.54, 1.807) is 12.1 Å². The van der Waals surface area contributed by atoms with Crippen molar-refractivity contribution in [3.63, 3.8) is 0 Å². The number of nitrogens with zero attached hydrogens (tertiary/aromatic N) is 1. The third-order valence-corrected chi connectivity index (χ3v) is 2.94. The van der Waals surface area contributed by atoms with Crippen molar-refractivity contribution in [1.29, 1.82) is 0 Å². The van der Waals surface area contributed by atoms with Crippen molar-refractivity contribution in [2.24, 2.45) is 5.73 Å². The standard InChI is InChI=1S/C15H17FN2/c1-18(15-5-3-2-4-14(15)16)11-13-8-6-12(10-17)7-9-13/h2-9H,10-11,17H2,1H3. The molecule has 2 N–H and O–H groups in total. The van der Waals surface area contributed by atoms with Crippen LogP contribution in [0.15, 0.2) is 48.5 Å². The molecule has 0 atom stereocenters. The molecule has 0 radical (unpaired) electrons. The van der Waals surface area contributed by atoms with E-state index in [0.717, 1.165) is 11.1 Å². The van der Waals surface area contributed by atoms with Gasteiger partial charge < -0.3 is 10.6 Å². The lowest BCUT2D eigenvalue weighted by Gasteiger charge is -2.20. The topological polar surface area (TPSA) is 29.3 Å². The lowest BCUT2D eigenvalue weighted by molar-refractivity contribution is 0.622. The molecule has 0 aliphatic rings. The van der Waals surface area contributed by atoms with Crippen molar-refractivity contribution in [2.75, 3.05) is 11.9 Å². The van der Waals surface area contributed by atoms with Crippen LogP contribution in [-0.4, -0.2) is 7.05 Å². The van der Waals surface area contributed by atoms with Gasteiger partial charge in [0.25, 0.3) is 0 Å². The number of para-hydroxylation sites is 1. The predicted octanol–water partition coefficient (Wildman–Crippen LogP) is 2.92. The van der Waals surface area contributed by atoms with Crippen molar-refractivity contribution in [2.45, 2.75) is 13.1 Å². The summed E-state index contributed by atoms with van der Waals surface area (Å²) in [5.74, 6) is -0.196. The molecule has 0 unspecified atom stereocenters. The number of benzene rings is 2. The fourth-order valence-electron chi connectivity index (χ4n) is 1.90. The molecule has 2 rings (SSSR count). The molecule has 2 aromatic carbocycles. The normalized spacial score (nSPS) is 10.4. The molecule has 0 fully saturated rings. The van der Waals surface area contributed by atoms with Gasteiger partial charge in [-0.2, -0.15) is 0 Å². The van der Waals surface area contributed by atoms with Gasteiger partial charge in [-0.1, -0.05) is 36.4 Å². The monoisotopic (exact) mass is 244 g/mol. The van der Waals surface area contributed by atoms with E-state index in [1.165, 1.54) is 6.07 Å². The molecule has 0 bridgehead atoms. The molecule has 0 saturated carbocycles. The summed E-state index contributed by atoms with van der Waals surface area (Å²) in [6.45, 7) is 1.22. The molecule has 0 spiro atoms. The van der Waals surface area contributed by atoms with Gasteiger partial charge in [-0.25, -0.2) is 4.39 Å². The van der Waals surface area contributed by atoms with Gasteiger partial charge in [-0.05, 0) is 23.3 Å². The van der Waals surface area contributed by atoms with E-state index in [0.29, 0.717) is 18.8 Å². The third kappa shape index (κ3) is 2.87. The Bertz CT molecular complexity index is 508. The molecule has 0 amide bonds. The molecule has 2 aromatic rings. The Morgan fingerprint density at radius 1 is 1.00 bits per heavy atom. The van der Waals surface area contributed by atoms with E-state index in [4.69, 9.17) is 5.73 Å². The highest BCUT2D eigenvalue weighted by Gasteiger charge is 2.06. The Hall–Kier alpha value is -1.87. The van der Waals surface area contributed by atoms with Crippen LogP contribution in [0.25, 0.3) is 0 Å². The Morgan fingerprint density at radius 3 is 2.22 bits per heavy atom. The predicted molar refractivity (Wildman–Crippen MR) is 72.8 cm³/mol. The Balaban J connectivity index is 2.11. The van der Waals surface area contributed by atoms with Gasteiger partial charge in [0.1, 0.15) is 5.82 Å². The van der Waals surface area contributed by atoms with Gasteiger partial charge in [-0.3, -0.25) is 0 Å². The maximum Gasteiger partial charge on any atom is 0.146 e. The first kappa shape index (κ1) is 12.6. The minimum Gasteiger partial charge on any atom is -0.368 e. The van der Waals surface area contributed by atoms with Crippen molar-refractivity contribution < 1.29 is 4.39 Å². The van der Waals surface area contributed by atoms with E-state index in [-0.39, 0.29) is 5.82 Å². The van der Waals surface area contributed by atoms with Crippen LogP contribution in [0.2, 0.25) is 0 Å². The van der Waals surface area contributed by atoms with Crippen molar-refractivity contribution >= 4 is 5.69 Å². The Labute approximate surface area is 107 Å². The van der Waals surface area contributed by atoms with E-state index in [9.17, 15) is 4.39 Å². The average molecular weight is 244 g/mol. The van der Waals surface area contributed by atoms with E-state index < -0.39 is 0 Å². The van der Waals surface area contributed by atoms with Crippen LogP contribution in [0.3, 0.4) is 0 Å². The van der Waals surface area contributed by atoms with E-state index >= 15 is 0 Å². The van der Waals surface area contributed by atoms with Crippen LogP contribution in [0.5, 0.6) is 0 Å². The summed E-state index contributed by atoms with van der Waals surface area (Å²) in [5.41, 5.74) is 8.40. The second-order valence-electron chi connectivity index (χ2n) is 4.33. The van der Waals surface area contributed by atoms with Crippen LogP contribution in [0.4, 0.5) is 10.1 Å². The summed E-state index contributed by atoms with van der Waals surface area (Å²) >= 11 is 0. The summed E-state index contributed by atoms with van der Waals surface area (Å²) in [6, 6.07) is 14.9. The molecule has 3 heteroatoms. The van der Waals surface area contributed by atoms with Crippen LogP contribution in [-0.2, 0) is 13.1 Å². The maximum atomic E-state index is 13.6. The van der Waals surface area contributed by atoms with Gasteiger partial charge in [0.2, 0.25) is 0 Å². The molecule has 2 nitrogen and oxygen atoms in total. The Morgan fingerprint density at radius 2 is 1.61 bits per heavy atom. The molecule has 0 saturated heterocycles. The molecule has 94 valence electrons.